The molecule has 0 spiro atoms. The van der Waals surface area contributed by atoms with E-state index in [2.05, 4.69) is 19.4 Å². The molecular formula is C14H7Cl3N4OS2. The van der Waals surface area contributed by atoms with E-state index < -0.39 is 0 Å². The lowest BCUT2D eigenvalue weighted by atomic mass is 10.2. The van der Waals surface area contributed by atoms with Crippen molar-refractivity contribution in [3.63, 3.8) is 0 Å². The summed E-state index contributed by atoms with van der Waals surface area (Å²) in [5, 5.41) is 6.43. The number of anilines is 1. The maximum Gasteiger partial charge on any atom is 0.257 e. The third-order valence-electron chi connectivity index (χ3n) is 3.00. The van der Waals surface area contributed by atoms with Crippen LogP contribution in [0.1, 0.15) is 10.4 Å². The van der Waals surface area contributed by atoms with Gasteiger partial charge in [0.05, 0.1) is 32.5 Å². The normalized spacial score (nSPS) is 10.6. The van der Waals surface area contributed by atoms with Gasteiger partial charge in [-0.05, 0) is 42.5 Å². The Labute approximate surface area is 161 Å². The van der Waals surface area contributed by atoms with Crippen LogP contribution in [0.2, 0.25) is 15.1 Å². The number of nitrogens with zero attached hydrogens (tertiary/aromatic N) is 2. The maximum absolute atomic E-state index is 12.3. The first kappa shape index (κ1) is 17.3. The van der Waals surface area contributed by atoms with E-state index in [9.17, 15) is 4.79 Å². The molecule has 0 unspecified atom stereocenters. The fourth-order valence-electron chi connectivity index (χ4n) is 1.87. The summed E-state index contributed by atoms with van der Waals surface area (Å²) >= 11 is 24.1. The number of benzene rings is 2. The van der Waals surface area contributed by atoms with Crippen molar-refractivity contribution in [1.82, 2.24) is 14.1 Å². The summed E-state index contributed by atoms with van der Waals surface area (Å²) in [6.07, 6.45) is 0. The number of rotatable bonds is 2. The minimum absolute atomic E-state index is 0.0804. The van der Waals surface area contributed by atoms with E-state index >= 15 is 0 Å². The Balaban J connectivity index is 1.72. The Morgan fingerprint density at radius 2 is 1.71 bits per heavy atom. The summed E-state index contributed by atoms with van der Waals surface area (Å²) in [7, 11) is 0. The number of carbonyl (C=O) groups is 1. The molecule has 0 saturated heterocycles. The van der Waals surface area contributed by atoms with Crippen molar-refractivity contribution in [1.29, 1.82) is 0 Å². The summed E-state index contributed by atoms with van der Waals surface area (Å²) in [6.45, 7) is 0. The lowest BCUT2D eigenvalue weighted by Gasteiger charge is -2.12. The molecule has 0 saturated carbocycles. The van der Waals surface area contributed by atoms with Gasteiger partial charge in [0.2, 0.25) is 0 Å². The Morgan fingerprint density at radius 1 is 1.00 bits per heavy atom. The van der Waals surface area contributed by atoms with E-state index in [-0.39, 0.29) is 11.0 Å². The van der Waals surface area contributed by atoms with Crippen LogP contribution in [0.5, 0.6) is 0 Å². The smallest absolute Gasteiger partial charge is 0.257 e. The van der Waals surface area contributed by atoms with E-state index in [0.717, 1.165) is 17.2 Å². The van der Waals surface area contributed by atoms with Gasteiger partial charge in [-0.25, -0.2) is 0 Å². The minimum atomic E-state index is -0.376. The second-order valence-corrected chi connectivity index (χ2v) is 6.78. The Hall–Kier alpha value is -1.51. The molecule has 0 aliphatic rings. The van der Waals surface area contributed by atoms with Crippen molar-refractivity contribution in [2.24, 2.45) is 0 Å². The van der Waals surface area contributed by atoms with Gasteiger partial charge in [0.1, 0.15) is 11.0 Å². The summed E-state index contributed by atoms with van der Waals surface area (Å²) in [5.41, 5.74) is 2.24. The van der Waals surface area contributed by atoms with Crippen LogP contribution < -0.4 is 10.6 Å². The minimum Gasteiger partial charge on any atom is -0.331 e. The Morgan fingerprint density at radius 3 is 2.50 bits per heavy atom. The van der Waals surface area contributed by atoms with Crippen molar-refractivity contribution in [3.8, 4) is 0 Å². The number of hydrogen-bond donors (Lipinski definition) is 2. The monoisotopic (exact) mass is 416 g/mol. The molecule has 2 aromatic carbocycles. The third-order valence-corrected chi connectivity index (χ3v) is 4.80. The topological polar surface area (TPSA) is 66.9 Å². The molecule has 1 heterocycles. The Kier molecular flexibility index (Phi) is 5.17. The number of fused-ring (bicyclic) bond motifs is 1. The zero-order valence-electron chi connectivity index (χ0n) is 11.6. The molecule has 3 aromatic rings. The van der Waals surface area contributed by atoms with E-state index in [1.807, 2.05) is 0 Å². The van der Waals surface area contributed by atoms with Gasteiger partial charge in [-0.15, -0.1) is 0 Å². The average molecular weight is 418 g/mol. The summed E-state index contributed by atoms with van der Waals surface area (Å²) in [4.78, 5) is 12.3. The quantitative estimate of drug-likeness (QED) is 0.464. The van der Waals surface area contributed by atoms with E-state index in [0.29, 0.717) is 31.8 Å². The molecule has 0 radical (unpaired) electrons. The molecule has 24 heavy (non-hydrogen) atoms. The van der Waals surface area contributed by atoms with Crippen molar-refractivity contribution in [3.05, 3.63) is 51.0 Å². The van der Waals surface area contributed by atoms with Crippen molar-refractivity contribution >= 4 is 86.5 Å². The molecule has 1 aromatic heterocycles. The molecule has 0 aliphatic heterocycles. The van der Waals surface area contributed by atoms with Crippen LogP contribution in [-0.4, -0.2) is 19.8 Å². The molecule has 0 bridgehead atoms. The van der Waals surface area contributed by atoms with Gasteiger partial charge in [-0.1, -0.05) is 34.8 Å². The number of thiocarbonyl (C=S) groups is 1. The summed E-state index contributed by atoms with van der Waals surface area (Å²) in [5.74, 6) is -0.376. The van der Waals surface area contributed by atoms with Gasteiger partial charge in [0.25, 0.3) is 5.91 Å². The van der Waals surface area contributed by atoms with Crippen LogP contribution in [0.3, 0.4) is 0 Å². The lowest BCUT2D eigenvalue weighted by molar-refractivity contribution is 0.0978. The first-order valence-electron chi connectivity index (χ1n) is 6.43. The first-order chi connectivity index (χ1) is 11.4. The molecule has 10 heteroatoms. The predicted octanol–water partition coefficient (Wildman–Crippen LogP) is 4.78. The van der Waals surface area contributed by atoms with Crippen molar-refractivity contribution in [2.45, 2.75) is 0 Å². The van der Waals surface area contributed by atoms with Gasteiger partial charge in [0.15, 0.2) is 5.11 Å². The average Bonchev–Trinajstić information content (AvgIpc) is 3.00. The fraction of sp³-hybridized carbons (Fsp3) is 0. The second kappa shape index (κ2) is 7.16. The highest BCUT2D eigenvalue weighted by Gasteiger charge is 2.12. The van der Waals surface area contributed by atoms with Gasteiger partial charge in [0, 0.05) is 5.56 Å². The third kappa shape index (κ3) is 3.76. The van der Waals surface area contributed by atoms with Crippen molar-refractivity contribution in [2.75, 3.05) is 5.32 Å². The largest absolute Gasteiger partial charge is 0.331 e. The number of hydrogen-bond acceptors (Lipinski definition) is 5. The number of halogens is 3. The highest BCUT2D eigenvalue weighted by molar-refractivity contribution is 7.80. The van der Waals surface area contributed by atoms with E-state index in [4.69, 9.17) is 47.0 Å². The molecule has 122 valence electrons. The van der Waals surface area contributed by atoms with Crippen LogP contribution in [0, 0.1) is 0 Å². The predicted molar refractivity (Wildman–Crippen MR) is 103 cm³/mol. The number of aromatic nitrogens is 2. The molecule has 1 amide bonds. The SMILES string of the molecule is O=C(NC(=S)Nc1cc(Cl)c(Cl)cc1Cl)c1ccc2nsnc2c1. The fourth-order valence-corrected chi connectivity index (χ4v) is 3.18. The standard InChI is InChI=1S/C14H7Cl3N4OS2/c15-7-4-9(17)11(5-8(7)16)18-14(23)19-13(22)6-1-2-10-12(3-6)21-24-20-10/h1-5H,(H2,18,19,22,23). The van der Waals surface area contributed by atoms with E-state index in [1.54, 1.807) is 18.2 Å². The Bertz CT molecular complexity index is 960. The van der Waals surface area contributed by atoms with Crippen LogP contribution in [0.4, 0.5) is 5.69 Å². The van der Waals surface area contributed by atoms with E-state index in [1.165, 1.54) is 12.1 Å². The van der Waals surface area contributed by atoms with Crippen LogP contribution >= 0.6 is 58.7 Å². The number of nitrogens with one attached hydrogen (secondary N) is 2. The molecule has 2 N–H and O–H groups in total. The molecular weight excluding hydrogens is 411 g/mol. The van der Waals surface area contributed by atoms with Crippen molar-refractivity contribution < 1.29 is 4.79 Å². The van der Waals surface area contributed by atoms with Crippen LogP contribution in [-0.2, 0) is 0 Å². The highest BCUT2D eigenvalue weighted by Crippen LogP contribution is 2.32. The number of amides is 1. The molecule has 0 aliphatic carbocycles. The molecule has 0 fully saturated rings. The second-order valence-electron chi connectivity index (χ2n) is 4.62. The zero-order chi connectivity index (χ0) is 17.3. The zero-order valence-corrected chi connectivity index (χ0v) is 15.5. The molecule has 5 nitrogen and oxygen atoms in total. The molecule has 0 atom stereocenters. The highest BCUT2D eigenvalue weighted by atomic mass is 35.5. The van der Waals surface area contributed by atoms with Gasteiger partial charge < -0.3 is 5.32 Å². The van der Waals surface area contributed by atoms with Gasteiger partial charge in [-0.2, -0.15) is 8.75 Å². The first-order valence-corrected chi connectivity index (χ1v) is 8.70. The summed E-state index contributed by atoms with van der Waals surface area (Å²) < 4.78 is 8.18. The van der Waals surface area contributed by atoms with Gasteiger partial charge in [-0.3, -0.25) is 10.1 Å². The van der Waals surface area contributed by atoms with Gasteiger partial charge >= 0.3 is 0 Å². The van der Waals surface area contributed by atoms with Crippen LogP contribution in [0.15, 0.2) is 30.3 Å². The molecule has 3 rings (SSSR count). The summed E-state index contributed by atoms with van der Waals surface area (Å²) in [6, 6.07) is 8.02. The number of carbonyl (C=O) groups excluding carboxylic acids is 1. The lowest BCUT2D eigenvalue weighted by Crippen LogP contribution is -2.34. The maximum atomic E-state index is 12.3. The van der Waals surface area contributed by atoms with Crippen LogP contribution in [0.25, 0.3) is 11.0 Å².